The highest BCUT2D eigenvalue weighted by molar-refractivity contribution is 5.87. The van der Waals surface area contributed by atoms with Gasteiger partial charge in [0.05, 0.1) is 12.5 Å². The third-order valence-corrected chi connectivity index (χ3v) is 5.73. The van der Waals surface area contributed by atoms with Crippen molar-refractivity contribution >= 4 is 22.8 Å². The maximum atomic E-state index is 12.5. The Morgan fingerprint density at radius 2 is 2.03 bits per heavy atom. The Morgan fingerprint density at radius 1 is 1.23 bits per heavy atom. The van der Waals surface area contributed by atoms with Crippen LogP contribution in [0.4, 0.5) is 0 Å². The second kappa shape index (κ2) is 8.69. The summed E-state index contributed by atoms with van der Waals surface area (Å²) in [4.78, 5) is 28.1. The van der Waals surface area contributed by atoms with Gasteiger partial charge in [0.15, 0.2) is 0 Å². The highest BCUT2D eigenvalue weighted by Gasteiger charge is 2.27. The smallest absolute Gasteiger partial charge is 0.305 e. The summed E-state index contributed by atoms with van der Waals surface area (Å²) in [5.41, 5.74) is 4.17. The van der Waals surface area contributed by atoms with Crippen LogP contribution in [0.25, 0.3) is 10.9 Å². The van der Waals surface area contributed by atoms with E-state index < -0.39 is 5.97 Å². The topological polar surface area (TPSA) is 84.2 Å². The van der Waals surface area contributed by atoms with Crippen LogP contribution in [-0.4, -0.2) is 26.5 Å². The molecule has 2 heterocycles. The van der Waals surface area contributed by atoms with Crippen molar-refractivity contribution in [2.75, 3.05) is 0 Å². The average Bonchev–Trinajstić information content (AvgIpc) is 3.48. The number of aliphatic carboxylic acids is 1. The number of fused-ring (bicyclic) bond motifs is 1. The van der Waals surface area contributed by atoms with E-state index in [0.717, 1.165) is 40.6 Å². The molecule has 0 spiro atoms. The highest BCUT2D eigenvalue weighted by atomic mass is 16.4. The molecule has 156 valence electrons. The second-order valence-electron chi connectivity index (χ2n) is 8.15. The van der Waals surface area contributed by atoms with Crippen LogP contribution in [0, 0.1) is 5.92 Å². The van der Waals surface area contributed by atoms with Gasteiger partial charge in [-0.1, -0.05) is 24.3 Å². The quantitative estimate of drug-likeness (QED) is 0.562. The molecule has 1 amide bonds. The monoisotopic (exact) mass is 405 g/mol. The Balaban J connectivity index is 1.76. The van der Waals surface area contributed by atoms with E-state index in [-0.39, 0.29) is 18.4 Å². The highest BCUT2D eigenvalue weighted by Crippen LogP contribution is 2.34. The fourth-order valence-corrected chi connectivity index (χ4v) is 4.18. The molecule has 0 bridgehead atoms. The number of aryl methyl sites for hydroxylation is 1. The summed E-state index contributed by atoms with van der Waals surface area (Å²) in [6, 6.07) is 11.8. The largest absolute Gasteiger partial charge is 0.481 e. The van der Waals surface area contributed by atoms with E-state index in [0.29, 0.717) is 25.3 Å². The van der Waals surface area contributed by atoms with Crippen LogP contribution in [-0.2, 0) is 22.6 Å². The fourth-order valence-electron chi connectivity index (χ4n) is 4.18. The average molecular weight is 405 g/mol. The molecule has 1 fully saturated rings. The Kier molecular flexibility index (Phi) is 5.84. The van der Waals surface area contributed by atoms with Gasteiger partial charge in [0.25, 0.3) is 0 Å². The summed E-state index contributed by atoms with van der Waals surface area (Å²) in [5, 5.41) is 13.5. The minimum atomic E-state index is -0.835. The molecule has 1 atom stereocenters. The third-order valence-electron chi connectivity index (χ3n) is 5.73. The van der Waals surface area contributed by atoms with E-state index in [4.69, 9.17) is 0 Å². The maximum Gasteiger partial charge on any atom is 0.305 e. The van der Waals surface area contributed by atoms with Crippen molar-refractivity contribution in [1.82, 2.24) is 14.9 Å². The lowest BCUT2D eigenvalue weighted by Crippen LogP contribution is -2.29. The van der Waals surface area contributed by atoms with Crippen LogP contribution >= 0.6 is 0 Å². The number of aromatic nitrogens is 2. The summed E-state index contributed by atoms with van der Waals surface area (Å²) in [6.07, 6.45) is 7.13. The molecule has 1 saturated carbocycles. The lowest BCUT2D eigenvalue weighted by atomic mass is 10.00. The van der Waals surface area contributed by atoms with E-state index in [1.807, 2.05) is 43.5 Å². The zero-order chi connectivity index (χ0) is 21.1. The molecular formula is C24H27N3O3. The third kappa shape index (κ3) is 4.53. The van der Waals surface area contributed by atoms with Crippen LogP contribution in [0.5, 0.6) is 0 Å². The van der Waals surface area contributed by atoms with E-state index >= 15 is 0 Å². The van der Waals surface area contributed by atoms with Crippen molar-refractivity contribution in [3.8, 4) is 0 Å². The van der Waals surface area contributed by atoms with Crippen LogP contribution in [0.2, 0.25) is 0 Å². The first kappa shape index (κ1) is 20.1. The van der Waals surface area contributed by atoms with Gasteiger partial charge in [0.2, 0.25) is 5.91 Å². The first-order chi connectivity index (χ1) is 14.5. The van der Waals surface area contributed by atoms with Crippen molar-refractivity contribution < 1.29 is 14.7 Å². The molecule has 3 aromatic rings. The molecule has 2 aromatic heterocycles. The second-order valence-corrected chi connectivity index (χ2v) is 8.15. The number of hydrogen-bond donors (Lipinski definition) is 2. The first-order valence-corrected chi connectivity index (χ1v) is 10.5. The fraction of sp³-hybridized carbons (Fsp3) is 0.375. The summed E-state index contributed by atoms with van der Waals surface area (Å²) in [7, 11) is 0. The molecule has 1 aromatic carbocycles. The Morgan fingerprint density at radius 3 is 2.73 bits per heavy atom. The van der Waals surface area contributed by atoms with Gasteiger partial charge in [-0.05, 0) is 48.9 Å². The van der Waals surface area contributed by atoms with Gasteiger partial charge in [-0.15, -0.1) is 0 Å². The molecule has 1 aliphatic carbocycles. The van der Waals surface area contributed by atoms with Crippen LogP contribution in [0.1, 0.15) is 55.5 Å². The molecule has 0 saturated heterocycles. The number of nitrogens with one attached hydrogen (secondary N) is 1. The van der Waals surface area contributed by atoms with Crippen molar-refractivity contribution in [2.45, 2.75) is 51.6 Å². The standard InChI is InChI=1S/C24H27N3O3/c1-16(26-22(28)14-17-8-9-17)24-20(13-18-5-4-11-25-15-18)19-6-2-3-7-21(19)27(24)12-10-23(29)30/h2-7,11,15-17H,8-10,12-14H2,1H3,(H,26,28)(H,29,30). The van der Waals surface area contributed by atoms with Gasteiger partial charge in [0, 0.05) is 48.4 Å². The number of carboxylic acids is 1. The van der Waals surface area contributed by atoms with E-state index in [9.17, 15) is 14.7 Å². The minimum Gasteiger partial charge on any atom is -0.481 e. The zero-order valence-electron chi connectivity index (χ0n) is 17.2. The van der Waals surface area contributed by atoms with Gasteiger partial charge in [-0.3, -0.25) is 14.6 Å². The number of amides is 1. The molecule has 0 aliphatic heterocycles. The number of pyridine rings is 1. The molecular weight excluding hydrogens is 378 g/mol. The molecule has 4 rings (SSSR count). The molecule has 0 radical (unpaired) electrons. The first-order valence-electron chi connectivity index (χ1n) is 10.5. The minimum absolute atomic E-state index is 0.0285. The lowest BCUT2D eigenvalue weighted by Gasteiger charge is -2.20. The number of carboxylic acid groups (broad SMARTS) is 1. The molecule has 1 unspecified atom stereocenters. The number of nitrogens with zero attached hydrogens (tertiary/aromatic N) is 2. The van der Waals surface area contributed by atoms with Gasteiger partial charge >= 0.3 is 5.97 Å². The molecule has 2 N–H and O–H groups in total. The van der Waals surface area contributed by atoms with Crippen molar-refractivity contribution in [1.29, 1.82) is 0 Å². The number of carbonyl (C=O) groups excluding carboxylic acids is 1. The number of rotatable bonds is 9. The Bertz CT molecular complexity index is 1050. The van der Waals surface area contributed by atoms with E-state index in [1.54, 1.807) is 6.20 Å². The van der Waals surface area contributed by atoms with Gasteiger partial charge in [-0.25, -0.2) is 0 Å². The van der Waals surface area contributed by atoms with Gasteiger partial charge < -0.3 is 15.0 Å². The van der Waals surface area contributed by atoms with Gasteiger partial charge in [0.1, 0.15) is 0 Å². The summed E-state index contributed by atoms with van der Waals surface area (Å²) >= 11 is 0. The Labute approximate surface area is 175 Å². The van der Waals surface area contributed by atoms with Crippen molar-refractivity contribution in [3.05, 3.63) is 65.6 Å². The number of benzene rings is 1. The van der Waals surface area contributed by atoms with Crippen molar-refractivity contribution in [2.24, 2.45) is 5.92 Å². The zero-order valence-corrected chi connectivity index (χ0v) is 17.2. The molecule has 6 nitrogen and oxygen atoms in total. The van der Waals surface area contributed by atoms with Crippen LogP contribution in [0.15, 0.2) is 48.8 Å². The van der Waals surface area contributed by atoms with Crippen LogP contribution < -0.4 is 5.32 Å². The number of hydrogen-bond acceptors (Lipinski definition) is 3. The predicted octanol–water partition coefficient (Wildman–Crippen LogP) is 4.08. The van der Waals surface area contributed by atoms with E-state index in [1.165, 1.54) is 0 Å². The number of para-hydroxylation sites is 1. The van der Waals surface area contributed by atoms with Crippen molar-refractivity contribution in [3.63, 3.8) is 0 Å². The normalized spacial score (nSPS) is 14.6. The van der Waals surface area contributed by atoms with Crippen LogP contribution in [0.3, 0.4) is 0 Å². The summed E-state index contributed by atoms with van der Waals surface area (Å²) in [6.45, 7) is 2.35. The number of carbonyl (C=O) groups is 2. The summed E-state index contributed by atoms with van der Waals surface area (Å²) in [5.74, 6) is -0.254. The molecule has 6 heteroatoms. The predicted molar refractivity (Wildman–Crippen MR) is 115 cm³/mol. The summed E-state index contributed by atoms with van der Waals surface area (Å²) < 4.78 is 2.07. The molecule has 1 aliphatic rings. The maximum absolute atomic E-state index is 12.5. The lowest BCUT2D eigenvalue weighted by molar-refractivity contribution is -0.137. The van der Waals surface area contributed by atoms with Gasteiger partial charge in [-0.2, -0.15) is 0 Å². The van der Waals surface area contributed by atoms with E-state index in [2.05, 4.69) is 20.9 Å². The Hall–Kier alpha value is -3.15. The SMILES string of the molecule is CC(NC(=O)CC1CC1)c1c(Cc2cccnc2)c2ccccc2n1CCC(=O)O. The molecule has 30 heavy (non-hydrogen) atoms.